The first kappa shape index (κ1) is 15.1. The Hall–Kier alpha value is -1.31. The Morgan fingerprint density at radius 1 is 1.35 bits per heavy atom. The monoisotopic (exact) mass is 339 g/mol. The molecule has 0 bridgehead atoms. The van der Waals surface area contributed by atoms with Crippen LogP contribution >= 0.6 is 15.9 Å². The van der Waals surface area contributed by atoms with Crippen LogP contribution in [0.4, 0.5) is 4.79 Å². The fourth-order valence-corrected chi connectivity index (χ4v) is 2.24. The molecule has 1 aromatic heterocycles. The molecule has 0 atom stereocenters. The minimum absolute atomic E-state index is 0.262. The lowest BCUT2D eigenvalue weighted by molar-refractivity contribution is 0.0544. The number of halogens is 1. The molecule has 0 aliphatic heterocycles. The number of carbonyl (C=O) groups is 1. The van der Waals surface area contributed by atoms with Gasteiger partial charge < -0.3 is 14.8 Å². The number of fused-ring (bicyclic) bond motifs is 1. The van der Waals surface area contributed by atoms with E-state index in [1.807, 2.05) is 0 Å². The van der Waals surface area contributed by atoms with Crippen molar-refractivity contribution in [2.45, 2.75) is 26.4 Å². The number of ether oxygens (including phenoxy) is 1. The second-order valence-electron chi connectivity index (χ2n) is 5.47. The quantitative estimate of drug-likeness (QED) is 0.778. The second-order valence-corrected chi connectivity index (χ2v) is 6.39. The molecule has 1 heterocycles. The lowest BCUT2D eigenvalue weighted by Crippen LogP contribution is -2.30. The zero-order valence-corrected chi connectivity index (χ0v) is 13.0. The number of rotatable bonds is 1. The maximum atomic E-state index is 12.2. The molecule has 106 valence electrons. The molecule has 2 N–H and O–H groups in total. The lowest BCUT2D eigenvalue weighted by atomic mass is 9.80. The van der Waals surface area contributed by atoms with Crippen molar-refractivity contribution in [2.24, 2.45) is 0 Å². The molecular weight excluding hydrogens is 325 g/mol. The van der Waals surface area contributed by atoms with Crippen LogP contribution in [0, 0.1) is 0 Å². The smallest absolute Gasteiger partial charge is 0.443 e. The summed E-state index contributed by atoms with van der Waals surface area (Å²) in [4.78, 5) is 12.2. The molecule has 0 saturated carbocycles. The molecule has 0 saturated heterocycles. The summed E-state index contributed by atoms with van der Waals surface area (Å²) in [5, 5.41) is 19.4. The van der Waals surface area contributed by atoms with Gasteiger partial charge in [-0.25, -0.2) is 4.79 Å². The molecule has 0 aliphatic carbocycles. The molecule has 0 radical (unpaired) electrons. The van der Waals surface area contributed by atoms with Gasteiger partial charge in [0.15, 0.2) is 0 Å². The minimum Gasteiger partial charge on any atom is -0.443 e. The van der Waals surface area contributed by atoms with Gasteiger partial charge >= 0.3 is 13.2 Å². The molecule has 0 amide bonds. The van der Waals surface area contributed by atoms with Crippen LogP contribution in [0.3, 0.4) is 0 Å². The van der Waals surface area contributed by atoms with Crippen molar-refractivity contribution in [3.63, 3.8) is 0 Å². The number of hydrogen-bond acceptors (Lipinski definition) is 4. The highest BCUT2D eigenvalue weighted by Gasteiger charge is 2.24. The van der Waals surface area contributed by atoms with Gasteiger partial charge in [-0.2, -0.15) is 0 Å². The van der Waals surface area contributed by atoms with Crippen molar-refractivity contribution in [1.29, 1.82) is 0 Å². The highest BCUT2D eigenvalue weighted by molar-refractivity contribution is 9.10. The third-order valence-corrected chi connectivity index (χ3v) is 3.16. The second kappa shape index (κ2) is 5.23. The van der Waals surface area contributed by atoms with Gasteiger partial charge in [0.05, 0.1) is 5.52 Å². The Labute approximate surface area is 125 Å². The predicted octanol–water partition coefficient (Wildman–Crippen LogP) is 1.87. The lowest BCUT2D eigenvalue weighted by Gasteiger charge is -2.19. The van der Waals surface area contributed by atoms with Gasteiger partial charge in [-0.1, -0.05) is 22.0 Å². The maximum absolute atomic E-state index is 12.2. The Kier molecular flexibility index (Phi) is 3.95. The highest BCUT2D eigenvalue weighted by atomic mass is 79.9. The van der Waals surface area contributed by atoms with Crippen molar-refractivity contribution in [2.75, 3.05) is 0 Å². The number of nitrogens with zero attached hydrogens (tertiary/aromatic N) is 1. The van der Waals surface area contributed by atoms with Gasteiger partial charge in [-0.15, -0.1) is 0 Å². The van der Waals surface area contributed by atoms with Crippen LogP contribution < -0.4 is 5.46 Å². The summed E-state index contributed by atoms with van der Waals surface area (Å²) in [6.07, 6.45) is 0.822. The normalized spacial score (nSPS) is 11.7. The Morgan fingerprint density at radius 2 is 2.00 bits per heavy atom. The van der Waals surface area contributed by atoms with E-state index in [4.69, 9.17) is 4.74 Å². The molecule has 1 aromatic carbocycles. The van der Waals surface area contributed by atoms with Crippen LogP contribution in [0.5, 0.6) is 0 Å². The Morgan fingerprint density at radius 3 is 2.55 bits per heavy atom. The summed E-state index contributed by atoms with van der Waals surface area (Å²) in [6, 6.07) is 5.22. The fourth-order valence-electron chi connectivity index (χ4n) is 1.89. The average Bonchev–Trinajstić information content (AvgIpc) is 2.65. The summed E-state index contributed by atoms with van der Waals surface area (Å²) in [6.45, 7) is 5.32. The van der Waals surface area contributed by atoms with Crippen molar-refractivity contribution in [1.82, 2.24) is 4.57 Å². The Bertz CT molecular complexity index is 660. The van der Waals surface area contributed by atoms with Crippen molar-refractivity contribution >= 4 is 45.5 Å². The molecule has 7 heteroatoms. The van der Waals surface area contributed by atoms with Crippen LogP contribution in [0.2, 0.25) is 0 Å². The highest BCUT2D eigenvalue weighted by Crippen LogP contribution is 2.21. The van der Waals surface area contributed by atoms with E-state index in [9.17, 15) is 14.8 Å². The van der Waals surface area contributed by atoms with Crippen LogP contribution in [-0.2, 0) is 4.74 Å². The maximum Gasteiger partial charge on any atom is 0.490 e. The van der Waals surface area contributed by atoms with Gasteiger partial charge in [-0.05, 0) is 32.9 Å². The summed E-state index contributed by atoms with van der Waals surface area (Å²) in [7, 11) is -1.65. The van der Waals surface area contributed by atoms with Gasteiger partial charge in [-0.3, -0.25) is 4.57 Å². The van der Waals surface area contributed by atoms with E-state index in [-0.39, 0.29) is 5.46 Å². The summed E-state index contributed by atoms with van der Waals surface area (Å²) in [5.74, 6) is 0. The zero-order valence-electron chi connectivity index (χ0n) is 11.4. The van der Waals surface area contributed by atoms with Gasteiger partial charge in [0, 0.05) is 21.5 Å². The first-order valence-electron chi connectivity index (χ1n) is 6.09. The predicted molar refractivity (Wildman–Crippen MR) is 81.1 cm³/mol. The standard InChI is InChI=1S/C13H15BBrNO4/c1-13(2,3)20-12(17)16-7-10(14(18)19)9-5-4-8(15)6-11(9)16/h4-7,18-19H,1-3H3. The van der Waals surface area contributed by atoms with E-state index in [2.05, 4.69) is 15.9 Å². The van der Waals surface area contributed by atoms with E-state index >= 15 is 0 Å². The SMILES string of the molecule is CC(C)(C)OC(=O)n1cc(B(O)O)c2ccc(Br)cc21. The van der Waals surface area contributed by atoms with E-state index < -0.39 is 18.8 Å². The number of carbonyl (C=O) groups excluding carboxylic acids is 1. The molecule has 0 spiro atoms. The topological polar surface area (TPSA) is 71.7 Å². The van der Waals surface area contributed by atoms with E-state index in [1.54, 1.807) is 39.0 Å². The third-order valence-electron chi connectivity index (χ3n) is 2.67. The van der Waals surface area contributed by atoms with E-state index in [1.165, 1.54) is 10.8 Å². The third kappa shape index (κ3) is 3.05. The fraction of sp³-hybridized carbons (Fsp3) is 0.308. The largest absolute Gasteiger partial charge is 0.490 e. The molecule has 2 aromatic rings. The van der Waals surface area contributed by atoms with E-state index in [0.29, 0.717) is 10.9 Å². The van der Waals surface area contributed by atoms with Crippen LogP contribution in [0.1, 0.15) is 20.8 Å². The van der Waals surface area contributed by atoms with Gasteiger partial charge in [0.25, 0.3) is 0 Å². The summed E-state index contributed by atoms with van der Waals surface area (Å²) in [5.41, 5.74) is 0.188. The number of hydrogen-bond donors (Lipinski definition) is 2. The molecule has 0 unspecified atom stereocenters. The summed E-state index contributed by atoms with van der Waals surface area (Å²) >= 11 is 3.33. The number of benzene rings is 1. The van der Waals surface area contributed by atoms with Crippen LogP contribution in [0.15, 0.2) is 28.9 Å². The van der Waals surface area contributed by atoms with Crippen molar-refractivity contribution in [3.8, 4) is 0 Å². The first-order chi connectivity index (χ1) is 9.19. The Balaban J connectivity index is 2.58. The molecule has 0 aliphatic rings. The number of aromatic nitrogens is 1. The molecule has 0 fully saturated rings. The molecule has 20 heavy (non-hydrogen) atoms. The average molecular weight is 340 g/mol. The van der Waals surface area contributed by atoms with Crippen LogP contribution in [0.25, 0.3) is 10.9 Å². The van der Waals surface area contributed by atoms with Crippen molar-refractivity contribution < 1.29 is 19.6 Å². The first-order valence-corrected chi connectivity index (χ1v) is 6.88. The molecule has 2 rings (SSSR count). The van der Waals surface area contributed by atoms with E-state index in [0.717, 1.165) is 4.47 Å². The van der Waals surface area contributed by atoms with Crippen molar-refractivity contribution in [3.05, 3.63) is 28.9 Å². The van der Waals surface area contributed by atoms with Crippen LogP contribution in [-0.4, -0.2) is 33.4 Å². The zero-order chi connectivity index (χ0) is 15.1. The van der Waals surface area contributed by atoms with Gasteiger partial charge in [0.1, 0.15) is 5.60 Å². The minimum atomic E-state index is -1.65. The summed E-state index contributed by atoms with van der Waals surface area (Å²) < 4.78 is 7.37. The molecular formula is C13H15BBrNO4. The van der Waals surface area contributed by atoms with Gasteiger partial charge in [0.2, 0.25) is 0 Å². The molecule has 5 nitrogen and oxygen atoms in total.